The molecule has 3 heterocycles. The standard InChI is InChI=1S/C38H28N3OS/c1-40-26-41(34-19-5-4-18-33(34)40)28-13-11-15-30(25-28)42-29-14-10-12-27(24-29)38(37-22-8-9-23-39-37)31-16-2-6-20-35(31)43-36-21-7-3-17-32(36)38/h2-26H,1H3/q+1. The maximum atomic E-state index is 6.60. The van der Waals surface area contributed by atoms with E-state index in [1.807, 2.05) is 42.2 Å². The Morgan fingerprint density at radius 3 is 2.12 bits per heavy atom. The van der Waals surface area contributed by atoms with Gasteiger partial charge in [-0.1, -0.05) is 84.6 Å². The van der Waals surface area contributed by atoms with Gasteiger partial charge >= 0.3 is 0 Å². The monoisotopic (exact) mass is 574 g/mol. The predicted octanol–water partition coefficient (Wildman–Crippen LogP) is 8.49. The van der Waals surface area contributed by atoms with Gasteiger partial charge < -0.3 is 4.74 Å². The summed E-state index contributed by atoms with van der Waals surface area (Å²) in [6, 6.07) is 48.8. The number of benzene rings is 5. The smallest absolute Gasteiger partial charge is 0.249 e. The average Bonchev–Trinajstić information content (AvgIpc) is 3.40. The second-order valence-electron chi connectivity index (χ2n) is 10.8. The molecular formula is C38H28N3OS+. The number of para-hydroxylation sites is 2. The van der Waals surface area contributed by atoms with Crippen molar-refractivity contribution < 1.29 is 9.30 Å². The molecule has 0 N–H and O–H groups in total. The Hall–Kier alpha value is -5.13. The molecule has 0 unspecified atom stereocenters. The molecule has 0 saturated heterocycles. The fourth-order valence-electron chi connectivity index (χ4n) is 6.41. The topological polar surface area (TPSA) is 30.9 Å². The highest BCUT2D eigenvalue weighted by atomic mass is 32.2. The van der Waals surface area contributed by atoms with Gasteiger partial charge in [0.1, 0.15) is 17.2 Å². The van der Waals surface area contributed by atoms with Gasteiger partial charge in [0, 0.05) is 22.1 Å². The van der Waals surface area contributed by atoms with Gasteiger partial charge in [0.25, 0.3) is 0 Å². The van der Waals surface area contributed by atoms with Crippen LogP contribution in [0.5, 0.6) is 11.5 Å². The SMILES string of the molecule is C[n+]1cn(-c2cccc(Oc3cccc(C4(c5ccccn5)c5ccccc5Sc5ccccc54)c3)c2)c2ccccc21. The molecule has 0 amide bonds. The van der Waals surface area contributed by atoms with Gasteiger partial charge in [0.15, 0.2) is 11.0 Å². The molecule has 4 nitrogen and oxygen atoms in total. The highest BCUT2D eigenvalue weighted by molar-refractivity contribution is 7.99. The average molecular weight is 575 g/mol. The van der Waals surface area contributed by atoms with E-state index >= 15 is 0 Å². The van der Waals surface area contributed by atoms with Gasteiger partial charge in [0.2, 0.25) is 6.33 Å². The molecule has 5 heteroatoms. The van der Waals surface area contributed by atoms with E-state index < -0.39 is 5.41 Å². The van der Waals surface area contributed by atoms with Crippen molar-refractivity contribution >= 4 is 22.8 Å². The molecule has 0 spiro atoms. The molecule has 1 aliphatic rings. The van der Waals surface area contributed by atoms with E-state index in [0.717, 1.165) is 34.0 Å². The van der Waals surface area contributed by atoms with Gasteiger partial charge in [0.05, 0.1) is 18.2 Å². The molecular weight excluding hydrogens is 547 g/mol. The molecule has 0 aliphatic carbocycles. The summed E-state index contributed by atoms with van der Waals surface area (Å²) in [5.41, 5.74) is 7.32. The van der Waals surface area contributed by atoms with Crippen molar-refractivity contribution in [1.29, 1.82) is 0 Å². The van der Waals surface area contributed by atoms with E-state index in [9.17, 15) is 0 Å². The Labute approximate surface area is 254 Å². The minimum Gasteiger partial charge on any atom is -0.457 e. The van der Waals surface area contributed by atoms with Crippen LogP contribution in [0.3, 0.4) is 0 Å². The molecule has 2 aromatic heterocycles. The predicted molar refractivity (Wildman–Crippen MR) is 171 cm³/mol. The number of fused-ring (bicyclic) bond motifs is 3. The van der Waals surface area contributed by atoms with E-state index in [4.69, 9.17) is 9.72 Å². The zero-order valence-electron chi connectivity index (χ0n) is 23.6. The molecule has 1 aliphatic heterocycles. The lowest BCUT2D eigenvalue weighted by molar-refractivity contribution is -0.645. The zero-order valence-corrected chi connectivity index (χ0v) is 24.4. The molecule has 43 heavy (non-hydrogen) atoms. The number of aryl methyl sites for hydroxylation is 1. The zero-order chi connectivity index (χ0) is 28.8. The van der Waals surface area contributed by atoms with Crippen molar-refractivity contribution in [2.24, 2.45) is 7.05 Å². The second kappa shape index (κ2) is 10.3. The quantitative estimate of drug-likeness (QED) is 0.193. The van der Waals surface area contributed by atoms with E-state index in [0.29, 0.717) is 0 Å². The number of ether oxygens (including phenoxy) is 1. The normalized spacial score (nSPS) is 13.3. The third kappa shape index (κ3) is 4.16. The van der Waals surface area contributed by atoms with Crippen LogP contribution in [-0.4, -0.2) is 9.55 Å². The van der Waals surface area contributed by atoms with Gasteiger partial charge in [-0.25, -0.2) is 4.57 Å². The number of hydrogen-bond acceptors (Lipinski definition) is 3. The molecule has 0 bridgehead atoms. The van der Waals surface area contributed by atoms with Crippen LogP contribution >= 0.6 is 11.8 Å². The largest absolute Gasteiger partial charge is 0.457 e. The number of rotatable bonds is 5. The Bertz CT molecular complexity index is 2070. The first-order chi connectivity index (χ1) is 21.2. The molecule has 5 aromatic carbocycles. The van der Waals surface area contributed by atoms with E-state index in [1.54, 1.807) is 0 Å². The molecule has 0 radical (unpaired) electrons. The molecule has 206 valence electrons. The summed E-state index contributed by atoms with van der Waals surface area (Å²) in [6.07, 6.45) is 4.00. The van der Waals surface area contributed by atoms with Crippen LogP contribution in [0.1, 0.15) is 22.4 Å². The summed E-state index contributed by atoms with van der Waals surface area (Å²) in [6.45, 7) is 0. The van der Waals surface area contributed by atoms with Gasteiger partial charge in [-0.3, -0.25) is 4.98 Å². The summed E-state index contributed by atoms with van der Waals surface area (Å²) in [4.78, 5) is 7.45. The van der Waals surface area contributed by atoms with Crippen LogP contribution in [0.4, 0.5) is 0 Å². The van der Waals surface area contributed by atoms with Crippen molar-refractivity contribution in [2.45, 2.75) is 15.2 Å². The highest BCUT2D eigenvalue weighted by Gasteiger charge is 2.45. The first-order valence-corrected chi connectivity index (χ1v) is 15.2. The van der Waals surface area contributed by atoms with E-state index in [2.05, 4.69) is 138 Å². The minimum absolute atomic E-state index is 0.597. The van der Waals surface area contributed by atoms with Crippen molar-refractivity contribution in [3.05, 3.63) is 174 Å². The van der Waals surface area contributed by atoms with Crippen molar-refractivity contribution in [3.63, 3.8) is 0 Å². The summed E-state index contributed by atoms with van der Waals surface area (Å²) in [5, 5.41) is 0. The molecule has 7 aromatic rings. The van der Waals surface area contributed by atoms with Crippen molar-refractivity contribution in [1.82, 2.24) is 9.55 Å². The Morgan fingerprint density at radius 2 is 1.35 bits per heavy atom. The third-order valence-corrected chi connectivity index (χ3v) is 9.41. The molecule has 0 atom stereocenters. The minimum atomic E-state index is -0.597. The molecule has 0 saturated carbocycles. The Morgan fingerprint density at radius 1 is 0.674 bits per heavy atom. The lowest BCUT2D eigenvalue weighted by atomic mass is 9.66. The van der Waals surface area contributed by atoms with E-state index in [-0.39, 0.29) is 0 Å². The number of pyridine rings is 1. The van der Waals surface area contributed by atoms with Crippen LogP contribution in [0.25, 0.3) is 16.7 Å². The lowest BCUT2D eigenvalue weighted by Crippen LogP contribution is -2.34. The molecule has 0 fully saturated rings. The van der Waals surface area contributed by atoms with Crippen LogP contribution in [0, 0.1) is 0 Å². The summed E-state index contributed by atoms with van der Waals surface area (Å²) in [5.74, 6) is 1.56. The summed E-state index contributed by atoms with van der Waals surface area (Å²) < 4.78 is 10.9. The van der Waals surface area contributed by atoms with Crippen molar-refractivity contribution in [2.75, 3.05) is 0 Å². The number of imidazole rings is 1. The maximum absolute atomic E-state index is 6.60. The van der Waals surface area contributed by atoms with Gasteiger partial charge in [-0.05, 0) is 77.4 Å². The number of aromatic nitrogens is 3. The van der Waals surface area contributed by atoms with E-state index in [1.165, 1.54) is 26.4 Å². The Balaban J connectivity index is 1.26. The Kier molecular flexibility index (Phi) is 6.12. The fourth-order valence-corrected chi connectivity index (χ4v) is 7.60. The number of nitrogens with zero attached hydrogens (tertiary/aromatic N) is 3. The fraction of sp³-hybridized carbons (Fsp3) is 0.0526. The lowest BCUT2D eigenvalue weighted by Gasteiger charge is -2.40. The summed E-state index contributed by atoms with van der Waals surface area (Å²) >= 11 is 1.82. The van der Waals surface area contributed by atoms with Crippen molar-refractivity contribution in [3.8, 4) is 17.2 Å². The van der Waals surface area contributed by atoms with Gasteiger partial charge in [-0.15, -0.1) is 0 Å². The highest BCUT2D eigenvalue weighted by Crippen LogP contribution is 2.55. The van der Waals surface area contributed by atoms with Crippen LogP contribution in [0.15, 0.2) is 162 Å². The molecule has 8 rings (SSSR count). The number of hydrogen-bond donors (Lipinski definition) is 0. The first-order valence-electron chi connectivity index (χ1n) is 14.3. The van der Waals surface area contributed by atoms with Crippen LogP contribution in [0.2, 0.25) is 0 Å². The first kappa shape index (κ1) is 25.6. The summed E-state index contributed by atoms with van der Waals surface area (Å²) in [7, 11) is 2.07. The maximum Gasteiger partial charge on any atom is 0.249 e. The second-order valence-corrected chi connectivity index (χ2v) is 11.9. The van der Waals surface area contributed by atoms with Crippen LogP contribution < -0.4 is 9.30 Å². The van der Waals surface area contributed by atoms with Gasteiger partial charge in [-0.2, -0.15) is 4.57 Å². The third-order valence-electron chi connectivity index (χ3n) is 8.26. The van der Waals surface area contributed by atoms with Crippen LogP contribution in [-0.2, 0) is 12.5 Å².